The summed E-state index contributed by atoms with van der Waals surface area (Å²) in [5.74, 6) is 1.16. The number of imidazole rings is 1. The third-order valence-corrected chi connectivity index (χ3v) is 4.57. The van der Waals surface area contributed by atoms with Gasteiger partial charge in [0.2, 0.25) is 0 Å². The molecule has 3 rings (SSSR count). The van der Waals surface area contributed by atoms with Crippen LogP contribution in [-0.4, -0.2) is 9.55 Å². The summed E-state index contributed by atoms with van der Waals surface area (Å²) < 4.78 is 3.15. The molecule has 0 unspecified atom stereocenters. The van der Waals surface area contributed by atoms with E-state index in [1.54, 1.807) is 0 Å². The normalized spacial score (nSPS) is 11.2. The lowest BCUT2D eigenvalue weighted by Gasteiger charge is -2.09. The number of halogens is 3. The molecule has 0 saturated heterocycles. The first-order valence-corrected chi connectivity index (χ1v) is 7.80. The maximum atomic E-state index is 6.04. The molecule has 0 bridgehead atoms. The molecule has 0 atom stereocenters. The lowest BCUT2D eigenvalue weighted by atomic mass is 10.2. The molecule has 0 aliphatic carbocycles. The van der Waals surface area contributed by atoms with E-state index in [0.717, 1.165) is 27.0 Å². The van der Waals surface area contributed by atoms with Crippen LogP contribution in [-0.2, 0) is 5.88 Å². The lowest BCUT2D eigenvalue weighted by molar-refractivity contribution is 0.979. The van der Waals surface area contributed by atoms with E-state index in [4.69, 9.17) is 23.2 Å². The van der Waals surface area contributed by atoms with Crippen molar-refractivity contribution in [2.45, 2.75) is 12.8 Å². The number of benzene rings is 2. The Balaban J connectivity index is 2.30. The number of fused-ring (bicyclic) bond motifs is 1. The molecule has 0 amide bonds. The van der Waals surface area contributed by atoms with Gasteiger partial charge in [-0.05, 0) is 48.9 Å². The van der Waals surface area contributed by atoms with Crippen molar-refractivity contribution in [1.82, 2.24) is 9.55 Å². The number of aromatic nitrogens is 2. The Kier molecular flexibility index (Phi) is 3.76. The van der Waals surface area contributed by atoms with Crippen LogP contribution in [0, 0.1) is 6.92 Å². The molecule has 0 aliphatic heterocycles. The Labute approximate surface area is 135 Å². The van der Waals surface area contributed by atoms with E-state index >= 15 is 0 Å². The monoisotopic (exact) mass is 368 g/mol. The van der Waals surface area contributed by atoms with E-state index in [1.807, 2.05) is 30.3 Å². The molecule has 5 heteroatoms. The van der Waals surface area contributed by atoms with Gasteiger partial charge in [0.05, 0.1) is 16.9 Å². The van der Waals surface area contributed by atoms with Crippen molar-refractivity contribution in [2.75, 3.05) is 0 Å². The van der Waals surface area contributed by atoms with E-state index < -0.39 is 0 Å². The zero-order valence-corrected chi connectivity index (χ0v) is 13.8. The van der Waals surface area contributed by atoms with Gasteiger partial charge >= 0.3 is 0 Å². The Morgan fingerprint density at radius 3 is 2.70 bits per heavy atom. The van der Waals surface area contributed by atoms with Gasteiger partial charge in [-0.1, -0.05) is 27.5 Å². The standard InChI is InChI=1S/C15H11BrCl2N2/c1-9-6-11(3-4-12(9)16)20-14-5-2-10(18)7-13(14)19-15(20)8-17/h2-7H,8H2,1H3. The Morgan fingerprint density at radius 1 is 1.20 bits per heavy atom. The molecule has 2 nitrogen and oxygen atoms in total. The van der Waals surface area contributed by atoms with Crippen LogP contribution in [0.1, 0.15) is 11.4 Å². The quantitative estimate of drug-likeness (QED) is 0.546. The number of alkyl halides is 1. The smallest absolute Gasteiger partial charge is 0.129 e. The molecule has 1 heterocycles. The second kappa shape index (κ2) is 5.40. The molecular weight excluding hydrogens is 359 g/mol. The first kappa shape index (κ1) is 13.9. The summed E-state index contributed by atoms with van der Waals surface area (Å²) >= 11 is 15.6. The fraction of sp³-hybridized carbons (Fsp3) is 0.133. The minimum Gasteiger partial charge on any atom is -0.295 e. The van der Waals surface area contributed by atoms with E-state index in [9.17, 15) is 0 Å². The van der Waals surface area contributed by atoms with Crippen LogP contribution in [0.4, 0.5) is 0 Å². The Morgan fingerprint density at radius 2 is 2.00 bits per heavy atom. The number of hydrogen-bond donors (Lipinski definition) is 0. The maximum absolute atomic E-state index is 6.04. The summed E-state index contributed by atoms with van der Waals surface area (Å²) in [6.07, 6.45) is 0. The molecule has 0 fully saturated rings. The average Bonchev–Trinajstić information content (AvgIpc) is 2.79. The lowest BCUT2D eigenvalue weighted by Crippen LogP contribution is -1.99. The van der Waals surface area contributed by atoms with E-state index in [-0.39, 0.29) is 0 Å². The van der Waals surface area contributed by atoms with Crippen LogP contribution in [0.3, 0.4) is 0 Å². The van der Waals surface area contributed by atoms with Gasteiger partial charge in [0, 0.05) is 15.2 Å². The second-order valence-electron chi connectivity index (χ2n) is 4.56. The summed E-state index contributed by atoms with van der Waals surface area (Å²) in [6, 6.07) is 11.9. The summed E-state index contributed by atoms with van der Waals surface area (Å²) in [5, 5.41) is 0.676. The molecule has 1 aromatic heterocycles. The zero-order valence-electron chi connectivity index (χ0n) is 10.7. The molecule has 20 heavy (non-hydrogen) atoms. The van der Waals surface area contributed by atoms with Crippen LogP contribution in [0.2, 0.25) is 5.02 Å². The third-order valence-electron chi connectivity index (χ3n) is 3.21. The minimum atomic E-state index is 0.349. The number of rotatable bonds is 2. The van der Waals surface area contributed by atoms with Crippen molar-refractivity contribution in [2.24, 2.45) is 0 Å². The Bertz CT molecular complexity index is 796. The van der Waals surface area contributed by atoms with Gasteiger partial charge in [0.1, 0.15) is 5.82 Å². The van der Waals surface area contributed by atoms with Gasteiger partial charge < -0.3 is 0 Å². The molecule has 0 N–H and O–H groups in total. The van der Waals surface area contributed by atoms with Gasteiger partial charge in [0.25, 0.3) is 0 Å². The highest BCUT2D eigenvalue weighted by molar-refractivity contribution is 9.10. The molecule has 0 saturated carbocycles. The van der Waals surface area contributed by atoms with E-state index in [1.165, 1.54) is 5.56 Å². The first-order valence-electron chi connectivity index (χ1n) is 6.09. The fourth-order valence-electron chi connectivity index (χ4n) is 2.25. The van der Waals surface area contributed by atoms with Crippen molar-refractivity contribution in [3.63, 3.8) is 0 Å². The van der Waals surface area contributed by atoms with Crippen molar-refractivity contribution in [1.29, 1.82) is 0 Å². The van der Waals surface area contributed by atoms with Crippen LogP contribution >= 0.6 is 39.1 Å². The predicted octanol–water partition coefficient (Wildman–Crippen LogP) is 5.49. The summed E-state index contributed by atoms with van der Waals surface area (Å²) in [7, 11) is 0. The zero-order chi connectivity index (χ0) is 14.3. The van der Waals surface area contributed by atoms with Gasteiger partial charge in [0.15, 0.2) is 0 Å². The highest BCUT2D eigenvalue weighted by Gasteiger charge is 2.12. The van der Waals surface area contributed by atoms with Gasteiger partial charge in [-0.2, -0.15) is 0 Å². The maximum Gasteiger partial charge on any atom is 0.129 e. The van der Waals surface area contributed by atoms with Crippen LogP contribution in [0.25, 0.3) is 16.7 Å². The number of hydrogen-bond acceptors (Lipinski definition) is 1. The van der Waals surface area contributed by atoms with E-state index in [0.29, 0.717) is 10.9 Å². The first-order chi connectivity index (χ1) is 9.60. The Hall–Kier alpha value is -1.03. The van der Waals surface area contributed by atoms with E-state index in [2.05, 4.69) is 38.5 Å². The molecule has 3 aromatic rings. The van der Waals surface area contributed by atoms with Gasteiger partial charge in [-0.15, -0.1) is 11.6 Å². The highest BCUT2D eigenvalue weighted by Crippen LogP contribution is 2.27. The second-order valence-corrected chi connectivity index (χ2v) is 6.12. The van der Waals surface area contributed by atoms with Crippen LogP contribution in [0.5, 0.6) is 0 Å². The average molecular weight is 370 g/mol. The molecular formula is C15H11BrCl2N2. The molecule has 0 radical (unpaired) electrons. The van der Waals surface area contributed by atoms with Crippen LogP contribution < -0.4 is 0 Å². The largest absolute Gasteiger partial charge is 0.295 e. The summed E-state index contributed by atoms with van der Waals surface area (Å²) in [4.78, 5) is 4.56. The summed E-state index contributed by atoms with van der Waals surface area (Å²) in [6.45, 7) is 2.06. The van der Waals surface area contributed by atoms with Gasteiger partial charge in [-0.25, -0.2) is 4.98 Å². The highest BCUT2D eigenvalue weighted by atomic mass is 79.9. The van der Waals surface area contributed by atoms with Crippen molar-refractivity contribution in [3.05, 3.63) is 57.3 Å². The third kappa shape index (κ3) is 2.34. The van der Waals surface area contributed by atoms with Crippen molar-refractivity contribution in [3.8, 4) is 5.69 Å². The number of aryl methyl sites for hydroxylation is 1. The fourth-order valence-corrected chi connectivity index (χ4v) is 2.84. The molecule has 0 aliphatic rings. The van der Waals surface area contributed by atoms with Crippen LogP contribution in [0.15, 0.2) is 40.9 Å². The molecule has 2 aromatic carbocycles. The SMILES string of the molecule is Cc1cc(-n2c(CCl)nc3cc(Cl)ccc32)ccc1Br. The molecule has 0 spiro atoms. The number of nitrogens with zero attached hydrogens (tertiary/aromatic N) is 2. The summed E-state index contributed by atoms with van der Waals surface area (Å²) in [5.41, 5.74) is 4.07. The molecule has 102 valence electrons. The van der Waals surface area contributed by atoms with Gasteiger partial charge in [-0.3, -0.25) is 4.57 Å². The van der Waals surface area contributed by atoms with Crippen molar-refractivity contribution < 1.29 is 0 Å². The minimum absolute atomic E-state index is 0.349. The topological polar surface area (TPSA) is 17.8 Å². The van der Waals surface area contributed by atoms with Crippen molar-refractivity contribution >= 4 is 50.2 Å². The predicted molar refractivity (Wildman–Crippen MR) is 88.1 cm³/mol.